The molecule has 0 atom stereocenters. The fourth-order valence-electron chi connectivity index (χ4n) is 6.26. The lowest BCUT2D eigenvalue weighted by molar-refractivity contribution is 0.427. The summed E-state index contributed by atoms with van der Waals surface area (Å²) >= 11 is 0. The van der Waals surface area contributed by atoms with Gasteiger partial charge >= 0.3 is 0 Å². The van der Waals surface area contributed by atoms with Crippen LogP contribution >= 0.6 is 0 Å². The van der Waals surface area contributed by atoms with E-state index in [1.165, 1.54) is 22.3 Å². The molecular weight excluding hydrogens is 592 g/mol. The van der Waals surface area contributed by atoms with Gasteiger partial charge in [-0.3, -0.25) is 0 Å². The van der Waals surface area contributed by atoms with E-state index in [0.717, 1.165) is 35.1 Å². The second-order valence-corrected chi connectivity index (χ2v) is 14.7. The zero-order chi connectivity index (χ0) is 35.2. The zero-order valence-corrected chi connectivity index (χ0v) is 29.8. The Morgan fingerprint density at radius 2 is 0.812 bits per heavy atom. The molecule has 48 heavy (non-hydrogen) atoms. The van der Waals surface area contributed by atoms with E-state index in [2.05, 4.69) is 79.7 Å². The van der Waals surface area contributed by atoms with Crippen LogP contribution in [0.25, 0.3) is 11.1 Å². The molecule has 0 aromatic heterocycles. The average molecular weight is 645 g/mol. The topological polar surface area (TPSA) is 80.9 Å². The molecule has 2 aliphatic rings. The molecule has 0 fully saturated rings. The van der Waals surface area contributed by atoms with Gasteiger partial charge in [-0.1, -0.05) is 134 Å². The third kappa shape index (κ3) is 8.80. The van der Waals surface area contributed by atoms with Crippen LogP contribution in [0.2, 0.25) is 0 Å². The fraction of sp³-hybridized carbons (Fsp3) is 0.318. The molecule has 4 aromatic rings. The lowest BCUT2D eigenvalue weighted by atomic mass is 9.79. The summed E-state index contributed by atoms with van der Waals surface area (Å²) in [6, 6.07) is 35.0. The second kappa shape index (κ2) is 15.0. The Hall–Kier alpha value is -4.70. The summed E-state index contributed by atoms with van der Waals surface area (Å²) in [4.78, 5) is 0. The predicted octanol–water partition coefficient (Wildman–Crippen LogP) is 11.5. The summed E-state index contributed by atoms with van der Waals surface area (Å²) in [5.74, 6) is 1.54. The van der Waals surface area contributed by atoms with Gasteiger partial charge in [0.2, 0.25) is 0 Å². The van der Waals surface area contributed by atoms with Crippen molar-refractivity contribution in [1.82, 2.24) is 0 Å². The lowest BCUT2D eigenvalue weighted by Gasteiger charge is -2.27. The van der Waals surface area contributed by atoms with Gasteiger partial charge < -0.3 is 20.4 Å². The van der Waals surface area contributed by atoms with Crippen molar-refractivity contribution in [2.75, 3.05) is 0 Å². The van der Waals surface area contributed by atoms with Crippen molar-refractivity contribution in [1.29, 1.82) is 0 Å². The summed E-state index contributed by atoms with van der Waals surface area (Å²) in [5, 5.41) is 40.4. The van der Waals surface area contributed by atoms with Gasteiger partial charge in [-0.2, -0.15) is 0 Å². The Kier molecular flexibility index (Phi) is 11.3. The van der Waals surface area contributed by atoms with Crippen LogP contribution in [0.3, 0.4) is 0 Å². The third-order valence-corrected chi connectivity index (χ3v) is 9.02. The Labute approximate surface area is 287 Å². The highest BCUT2D eigenvalue weighted by Gasteiger charge is 2.27. The molecule has 0 bridgehead atoms. The van der Waals surface area contributed by atoms with Gasteiger partial charge in [0.05, 0.1) is 0 Å². The Bertz CT molecular complexity index is 1660. The van der Waals surface area contributed by atoms with Crippen LogP contribution in [0.4, 0.5) is 0 Å². The molecule has 0 aliphatic heterocycles. The first-order chi connectivity index (χ1) is 22.6. The molecule has 0 amide bonds. The highest BCUT2D eigenvalue weighted by atomic mass is 16.3. The minimum atomic E-state index is -0.131. The van der Waals surface area contributed by atoms with Crippen molar-refractivity contribution >= 4 is 0 Å². The van der Waals surface area contributed by atoms with Gasteiger partial charge in [-0.05, 0) is 87.4 Å². The number of aromatic hydroxyl groups is 4. The molecule has 4 N–H and O–H groups in total. The van der Waals surface area contributed by atoms with E-state index in [1.54, 1.807) is 24.3 Å². The van der Waals surface area contributed by atoms with Gasteiger partial charge in [0, 0.05) is 23.0 Å². The largest absolute Gasteiger partial charge is 0.508 e. The molecule has 0 unspecified atom stereocenters. The smallest absolute Gasteiger partial charge is 0.123 e. The standard InChI is InChI=1S/C23H32O2.C15H16O2.C6H4/c1-8-15(16-11-9-13-18(20(16)24)22(2,3)4)17-12-10-14-19(21(17)25)23(5,6)7;1-2-15(11-3-7-13(16)8-4-11)12-5-9-14(17)10-6-12;1-2-5-4-6(5)3-1/h9-15,24-25H,8H2,1-7H3;3-10,15-17H,2H2,1H3;1-4H. The first-order valence-corrected chi connectivity index (χ1v) is 17.0. The van der Waals surface area contributed by atoms with Crippen LogP contribution in [-0.2, 0) is 10.8 Å². The minimum absolute atomic E-state index is 0.0374. The number of phenols is 4. The minimum Gasteiger partial charge on any atom is -0.508 e. The monoisotopic (exact) mass is 644 g/mol. The van der Waals surface area contributed by atoms with Crippen molar-refractivity contribution in [3.63, 3.8) is 0 Å². The molecule has 4 aromatic carbocycles. The van der Waals surface area contributed by atoms with Crippen molar-refractivity contribution < 1.29 is 20.4 Å². The molecule has 0 radical (unpaired) electrons. The van der Waals surface area contributed by atoms with Crippen LogP contribution in [0.15, 0.2) is 109 Å². The van der Waals surface area contributed by atoms with Gasteiger partial charge in [-0.15, -0.1) is 0 Å². The van der Waals surface area contributed by atoms with Crippen molar-refractivity contribution in [3.05, 3.63) is 143 Å². The van der Waals surface area contributed by atoms with E-state index in [9.17, 15) is 20.4 Å². The van der Waals surface area contributed by atoms with E-state index in [4.69, 9.17) is 0 Å². The van der Waals surface area contributed by atoms with Crippen LogP contribution in [0.5, 0.6) is 23.0 Å². The van der Waals surface area contributed by atoms with Crippen molar-refractivity contribution in [2.24, 2.45) is 0 Å². The number of benzene rings is 5. The van der Waals surface area contributed by atoms with Crippen LogP contribution in [-0.4, -0.2) is 20.4 Å². The molecule has 4 heteroatoms. The first-order valence-electron chi connectivity index (χ1n) is 17.0. The molecule has 6 rings (SSSR count). The maximum absolute atomic E-state index is 10.9. The SMILES string of the molecule is CCC(c1ccc(O)cc1)c1ccc(O)cc1.CCC(c1cccc(C(C)(C)C)c1O)c1cccc(C(C)(C)C)c1O.c1cc2cc-2c1. The molecule has 0 spiro atoms. The summed E-state index contributed by atoms with van der Waals surface area (Å²) in [5.41, 5.74) is 8.59. The Morgan fingerprint density at radius 3 is 1.08 bits per heavy atom. The number of hydrogen-bond acceptors (Lipinski definition) is 4. The summed E-state index contributed by atoms with van der Waals surface area (Å²) in [6.07, 6.45) is 1.79. The highest BCUT2D eigenvalue weighted by Crippen LogP contribution is 2.44. The van der Waals surface area contributed by atoms with Crippen molar-refractivity contribution in [2.45, 2.75) is 90.9 Å². The third-order valence-electron chi connectivity index (χ3n) is 9.02. The van der Waals surface area contributed by atoms with Gasteiger partial charge in [-0.25, -0.2) is 0 Å². The first kappa shape index (κ1) is 36.1. The molecule has 4 nitrogen and oxygen atoms in total. The molecule has 0 saturated heterocycles. The fourth-order valence-corrected chi connectivity index (χ4v) is 6.26. The van der Waals surface area contributed by atoms with Crippen molar-refractivity contribution in [3.8, 4) is 34.1 Å². The molecular formula is C44H52O4. The summed E-state index contributed by atoms with van der Waals surface area (Å²) in [6.45, 7) is 16.8. The second-order valence-electron chi connectivity index (χ2n) is 14.7. The van der Waals surface area contributed by atoms with E-state index < -0.39 is 0 Å². The van der Waals surface area contributed by atoms with Gasteiger partial charge in [0.15, 0.2) is 0 Å². The highest BCUT2D eigenvalue weighted by molar-refractivity contribution is 5.80. The quantitative estimate of drug-likeness (QED) is 0.145. The Morgan fingerprint density at radius 1 is 0.458 bits per heavy atom. The van der Waals surface area contributed by atoms with E-state index in [1.807, 2.05) is 60.7 Å². The van der Waals surface area contributed by atoms with Gasteiger partial charge in [0.25, 0.3) is 0 Å². The normalized spacial score (nSPS) is 11.8. The average Bonchev–Trinajstić information content (AvgIpc) is 3.64. The van der Waals surface area contributed by atoms with E-state index >= 15 is 0 Å². The predicted molar refractivity (Wildman–Crippen MR) is 200 cm³/mol. The van der Waals surface area contributed by atoms with Crippen LogP contribution < -0.4 is 0 Å². The number of rotatable bonds is 6. The van der Waals surface area contributed by atoms with Crippen LogP contribution in [0.1, 0.15) is 113 Å². The van der Waals surface area contributed by atoms with E-state index in [-0.39, 0.29) is 28.2 Å². The summed E-state index contributed by atoms with van der Waals surface area (Å²) in [7, 11) is 0. The molecule has 252 valence electrons. The van der Waals surface area contributed by atoms with E-state index in [0.29, 0.717) is 17.4 Å². The Balaban J connectivity index is 0.000000192. The van der Waals surface area contributed by atoms with Gasteiger partial charge in [0.1, 0.15) is 23.0 Å². The maximum atomic E-state index is 10.9. The number of para-hydroxylation sites is 2. The molecule has 0 saturated carbocycles. The molecule has 0 heterocycles. The summed E-state index contributed by atoms with van der Waals surface area (Å²) < 4.78 is 0. The zero-order valence-electron chi connectivity index (χ0n) is 29.8. The van der Waals surface area contributed by atoms with Crippen LogP contribution in [0, 0.1) is 0 Å². The number of phenolic OH excluding ortho intramolecular Hbond substituents is 4. The number of hydrogen-bond donors (Lipinski definition) is 4. The lowest BCUT2D eigenvalue weighted by Crippen LogP contribution is -2.14. The maximum Gasteiger partial charge on any atom is 0.123 e. The molecule has 2 aliphatic carbocycles. The number of fused-ring (bicyclic) bond motifs is 1.